The number of hydrogen-bond acceptors (Lipinski definition) is 4. The first-order chi connectivity index (χ1) is 6.10. The highest BCUT2D eigenvalue weighted by Gasteiger charge is 2.02. The Labute approximate surface area is 92.5 Å². The van der Waals surface area contributed by atoms with Crippen molar-refractivity contribution in [1.82, 2.24) is 0 Å². The van der Waals surface area contributed by atoms with Gasteiger partial charge in [-0.1, -0.05) is 31.9 Å². The Bertz CT molecular complexity index is 225. The van der Waals surface area contributed by atoms with E-state index >= 15 is 0 Å². The summed E-state index contributed by atoms with van der Waals surface area (Å²) >= 11 is 5.83. The van der Waals surface area contributed by atoms with Crippen LogP contribution in [-0.4, -0.2) is 22.6 Å². The number of hydrogen-bond donors (Lipinski definition) is 0. The molecule has 0 rings (SSSR count). The van der Waals surface area contributed by atoms with Crippen LogP contribution in [0.5, 0.6) is 0 Å². The monoisotopic (exact) mass is 314 g/mol. The van der Waals surface area contributed by atoms with Crippen molar-refractivity contribution in [3.63, 3.8) is 0 Å². The van der Waals surface area contributed by atoms with Crippen molar-refractivity contribution in [2.24, 2.45) is 0 Å². The lowest BCUT2D eigenvalue weighted by molar-refractivity contribution is -0.139. The Morgan fingerprint density at radius 1 is 1.23 bits per heavy atom. The quantitative estimate of drug-likeness (QED) is 0.450. The molecular weight excluding hydrogens is 308 g/mol. The molecule has 0 aromatic heterocycles. The average Bonchev–Trinajstić information content (AvgIpc) is 2.13. The molecule has 0 aliphatic carbocycles. The highest BCUT2D eigenvalue weighted by Crippen LogP contribution is 1.99. The molecule has 0 aliphatic rings. The zero-order valence-electron chi connectivity index (χ0n) is 6.88. The third-order valence-corrected chi connectivity index (χ3v) is 1.77. The molecule has 0 radical (unpaired) electrons. The minimum atomic E-state index is -0.450. The van der Waals surface area contributed by atoms with Gasteiger partial charge in [0.15, 0.2) is 0 Å². The van der Waals surface area contributed by atoms with Crippen molar-refractivity contribution in [3.05, 3.63) is 12.0 Å². The predicted molar refractivity (Wildman–Crippen MR) is 53.5 cm³/mol. The van der Waals surface area contributed by atoms with E-state index in [1.165, 1.54) is 6.92 Å². The Hall–Kier alpha value is -0.360. The number of rotatable bonds is 4. The van der Waals surface area contributed by atoms with E-state index in [2.05, 4.69) is 41.3 Å². The largest absolute Gasteiger partial charge is 0.430 e. The van der Waals surface area contributed by atoms with E-state index in [1.807, 2.05) is 0 Å². The molecular formula is C7H8Br2O4. The molecule has 0 bridgehead atoms. The van der Waals surface area contributed by atoms with Crippen LogP contribution < -0.4 is 0 Å². The molecule has 13 heavy (non-hydrogen) atoms. The molecule has 74 valence electrons. The molecule has 4 nitrogen and oxygen atoms in total. The van der Waals surface area contributed by atoms with Crippen LogP contribution in [0.1, 0.15) is 6.92 Å². The van der Waals surface area contributed by atoms with Gasteiger partial charge in [0.25, 0.3) is 0 Å². The number of esters is 2. The SMILES string of the molecule is CC(=COC(=O)CBr)OC(=O)CBr. The number of allylic oxidation sites excluding steroid dienone is 1. The summed E-state index contributed by atoms with van der Waals surface area (Å²) in [5.74, 6) is -0.656. The molecule has 0 fully saturated rings. The summed E-state index contributed by atoms with van der Waals surface area (Å²) < 4.78 is 9.24. The van der Waals surface area contributed by atoms with E-state index in [0.29, 0.717) is 0 Å². The fraction of sp³-hybridized carbons (Fsp3) is 0.429. The van der Waals surface area contributed by atoms with Gasteiger partial charge in [0.1, 0.15) is 22.7 Å². The minimum absolute atomic E-state index is 0.100. The highest BCUT2D eigenvalue weighted by atomic mass is 79.9. The molecule has 0 aliphatic heterocycles. The fourth-order valence-electron chi connectivity index (χ4n) is 0.411. The van der Waals surface area contributed by atoms with Crippen molar-refractivity contribution >= 4 is 43.8 Å². The Balaban J connectivity index is 3.88. The van der Waals surface area contributed by atoms with E-state index in [-0.39, 0.29) is 16.4 Å². The predicted octanol–water partition coefficient (Wildman–Crippen LogP) is 1.72. The van der Waals surface area contributed by atoms with Crippen LogP contribution in [0.25, 0.3) is 0 Å². The van der Waals surface area contributed by atoms with Crippen LogP contribution in [0.2, 0.25) is 0 Å². The summed E-state index contributed by atoms with van der Waals surface area (Å²) in [5, 5.41) is 0.202. The Kier molecular flexibility index (Phi) is 6.89. The third kappa shape index (κ3) is 6.77. The summed E-state index contributed by atoms with van der Waals surface area (Å²) in [7, 11) is 0. The smallest absolute Gasteiger partial charge is 0.321 e. The van der Waals surface area contributed by atoms with E-state index in [0.717, 1.165) is 6.26 Å². The zero-order valence-corrected chi connectivity index (χ0v) is 10.1. The van der Waals surface area contributed by atoms with Gasteiger partial charge in [0.2, 0.25) is 0 Å². The topological polar surface area (TPSA) is 52.6 Å². The number of ether oxygens (including phenoxy) is 2. The normalized spacial score (nSPS) is 10.8. The molecule has 0 amide bonds. The molecule has 0 aromatic carbocycles. The van der Waals surface area contributed by atoms with Gasteiger partial charge in [-0.05, 0) is 6.92 Å². The molecule has 0 saturated carbocycles. The van der Waals surface area contributed by atoms with Crippen LogP contribution in [0.3, 0.4) is 0 Å². The van der Waals surface area contributed by atoms with Crippen molar-refractivity contribution in [2.75, 3.05) is 10.7 Å². The zero-order chi connectivity index (χ0) is 10.3. The second kappa shape index (κ2) is 7.08. The van der Waals surface area contributed by atoms with Crippen molar-refractivity contribution < 1.29 is 19.1 Å². The maximum absolute atomic E-state index is 10.7. The molecule has 0 heterocycles. The van der Waals surface area contributed by atoms with Crippen molar-refractivity contribution in [3.8, 4) is 0 Å². The van der Waals surface area contributed by atoms with Gasteiger partial charge >= 0.3 is 11.9 Å². The van der Waals surface area contributed by atoms with E-state index in [9.17, 15) is 9.59 Å². The standard InChI is InChI=1S/C7H8Br2O4/c1-5(13-7(11)3-9)4-12-6(10)2-8/h4H,2-3H2,1H3. The van der Waals surface area contributed by atoms with Crippen LogP contribution in [-0.2, 0) is 19.1 Å². The van der Waals surface area contributed by atoms with E-state index in [1.54, 1.807) is 0 Å². The molecule has 0 spiro atoms. The van der Waals surface area contributed by atoms with Gasteiger partial charge in [0, 0.05) is 0 Å². The minimum Gasteiger partial charge on any atom is -0.430 e. The van der Waals surface area contributed by atoms with Gasteiger partial charge in [-0.15, -0.1) is 0 Å². The van der Waals surface area contributed by atoms with Crippen molar-refractivity contribution in [2.45, 2.75) is 6.92 Å². The summed E-state index contributed by atoms with van der Waals surface area (Å²) in [4.78, 5) is 21.3. The second-order valence-electron chi connectivity index (χ2n) is 1.96. The maximum atomic E-state index is 10.7. The maximum Gasteiger partial charge on any atom is 0.321 e. The van der Waals surface area contributed by atoms with Crippen molar-refractivity contribution in [1.29, 1.82) is 0 Å². The van der Waals surface area contributed by atoms with Crippen LogP contribution in [0, 0.1) is 0 Å². The van der Waals surface area contributed by atoms with Crippen LogP contribution in [0.4, 0.5) is 0 Å². The number of carbonyl (C=O) groups is 2. The van der Waals surface area contributed by atoms with Gasteiger partial charge in [0.05, 0.1) is 0 Å². The Morgan fingerprint density at radius 2 is 1.77 bits per heavy atom. The summed E-state index contributed by atoms with van der Waals surface area (Å²) in [6, 6.07) is 0. The first kappa shape index (κ1) is 12.6. The molecule has 0 N–H and O–H groups in total. The first-order valence-electron chi connectivity index (χ1n) is 3.29. The number of halogens is 2. The van der Waals surface area contributed by atoms with Gasteiger partial charge in [-0.3, -0.25) is 9.59 Å². The highest BCUT2D eigenvalue weighted by molar-refractivity contribution is 9.09. The molecule has 0 saturated heterocycles. The second-order valence-corrected chi connectivity index (χ2v) is 3.08. The number of alkyl halides is 2. The van der Waals surface area contributed by atoms with Gasteiger partial charge in [-0.2, -0.15) is 0 Å². The summed E-state index contributed by atoms with van der Waals surface area (Å²) in [6.07, 6.45) is 1.09. The van der Waals surface area contributed by atoms with Gasteiger partial charge in [-0.25, -0.2) is 0 Å². The third-order valence-electron chi connectivity index (χ3n) is 0.849. The Morgan fingerprint density at radius 3 is 2.23 bits per heavy atom. The molecule has 0 aromatic rings. The van der Waals surface area contributed by atoms with Crippen LogP contribution >= 0.6 is 31.9 Å². The lowest BCUT2D eigenvalue weighted by Gasteiger charge is -2.01. The fourth-order valence-corrected chi connectivity index (χ4v) is 0.658. The average molecular weight is 316 g/mol. The van der Waals surface area contributed by atoms with E-state index < -0.39 is 11.9 Å². The molecule has 6 heteroatoms. The van der Waals surface area contributed by atoms with Gasteiger partial charge < -0.3 is 9.47 Å². The summed E-state index contributed by atoms with van der Waals surface area (Å²) in [6.45, 7) is 1.52. The molecule has 0 unspecified atom stereocenters. The summed E-state index contributed by atoms with van der Waals surface area (Å²) in [5.41, 5.74) is 0. The number of carbonyl (C=O) groups excluding carboxylic acids is 2. The van der Waals surface area contributed by atoms with Crippen LogP contribution in [0.15, 0.2) is 12.0 Å². The van der Waals surface area contributed by atoms with E-state index in [4.69, 9.17) is 0 Å². The lowest BCUT2D eigenvalue weighted by atomic mass is 10.6. The lowest BCUT2D eigenvalue weighted by Crippen LogP contribution is -2.05. The first-order valence-corrected chi connectivity index (χ1v) is 5.53. The molecule has 0 atom stereocenters.